The van der Waals surface area contributed by atoms with Crippen molar-refractivity contribution in [2.45, 2.75) is 6.92 Å². The van der Waals surface area contributed by atoms with Crippen LogP contribution in [0.25, 0.3) is 11.8 Å². The Bertz CT molecular complexity index is 1060. The van der Waals surface area contributed by atoms with Gasteiger partial charge >= 0.3 is 5.63 Å². The summed E-state index contributed by atoms with van der Waals surface area (Å²) in [5.74, 6) is -0.849. The first-order valence-corrected chi connectivity index (χ1v) is 8.30. The summed E-state index contributed by atoms with van der Waals surface area (Å²) in [6.45, 7) is 1.51. The smallest absolute Gasteiger partial charge is 0.351 e. The van der Waals surface area contributed by atoms with Gasteiger partial charge < -0.3 is 14.1 Å². The average molecular weight is 390 g/mol. The topological polar surface area (TPSA) is 72.4 Å². The molecule has 0 saturated heterocycles. The molecular formula is C19H13Cl2NO4. The van der Waals surface area contributed by atoms with Crippen molar-refractivity contribution < 1.29 is 14.3 Å². The Hall–Kier alpha value is -2.76. The van der Waals surface area contributed by atoms with Crippen LogP contribution in [0.15, 0.2) is 57.9 Å². The number of benzene rings is 1. The summed E-state index contributed by atoms with van der Waals surface area (Å²) >= 11 is 12.1. The summed E-state index contributed by atoms with van der Waals surface area (Å²) in [6, 6.07) is 9.86. The molecule has 3 rings (SSSR count). The van der Waals surface area contributed by atoms with E-state index in [9.17, 15) is 14.7 Å². The van der Waals surface area contributed by atoms with E-state index in [2.05, 4.69) is 0 Å². The molecule has 7 heteroatoms. The van der Waals surface area contributed by atoms with Gasteiger partial charge in [-0.25, -0.2) is 4.79 Å². The highest BCUT2D eigenvalue weighted by Crippen LogP contribution is 2.24. The quantitative estimate of drug-likeness (QED) is 0.520. The Labute approximate surface area is 158 Å². The fraction of sp³-hybridized carbons (Fsp3) is 0.0526. The second-order valence-corrected chi connectivity index (χ2v) is 6.41. The third kappa shape index (κ3) is 3.74. The summed E-state index contributed by atoms with van der Waals surface area (Å²) in [4.78, 5) is 24.1. The predicted octanol–water partition coefficient (Wildman–Crippen LogP) is 4.65. The first kappa shape index (κ1) is 18.0. The molecule has 132 valence electrons. The lowest BCUT2D eigenvalue weighted by Gasteiger charge is -2.08. The van der Waals surface area contributed by atoms with Crippen molar-refractivity contribution in [3.8, 4) is 11.4 Å². The van der Waals surface area contributed by atoms with E-state index < -0.39 is 22.7 Å². The molecule has 0 saturated carbocycles. The lowest BCUT2D eigenvalue weighted by molar-refractivity contribution is 0.104. The minimum absolute atomic E-state index is 0.222. The van der Waals surface area contributed by atoms with Gasteiger partial charge in [0.15, 0.2) is 5.78 Å². The number of carbonyl (C=O) groups is 1. The van der Waals surface area contributed by atoms with E-state index in [0.29, 0.717) is 15.7 Å². The van der Waals surface area contributed by atoms with Gasteiger partial charge in [0.05, 0.1) is 0 Å². The van der Waals surface area contributed by atoms with Crippen molar-refractivity contribution in [3.63, 3.8) is 0 Å². The van der Waals surface area contributed by atoms with Crippen LogP contribution in [0.5, 0.6) is 5.75 Å². The first-order valence-electron chi connectivity index (χ1n) is 7.55. The number of rotatable bonds is 4. The van der Waals surface area contributed by atoms with Gasteiger partial charge in [-0.1, -0.05) is 23.2 Å². The van der Waals surface area contributed by atoms with Crippen LogP contribution in [0.4, 0.5) is 0 Å². The van der Waals surface area contributed by atoms with Gasteiger partial charge in [-0.2, -0.15) is 0 Å². The van der Waals surface area contributed by atoms with Crippen LogP contribution in [-0.4, -0.2) is 15.5 Å². The summed E-state index contributed by atoms with van der Waals surface area (Å²) in [5, 5.41) is 10.8. The van der Waals surface area contributed by atoms with Crippen LogP contribution in [-0.2, 0) is 0 Å². The number of hydrogen-bond acceptors (Lipinski definition) is 4. The second-order valence-electron chi connectivity index (χ2n) is 5.53. The van der Waals surface area contributed by atoms with E-state index in [1.54, 1.807) is 41.1 Å². The second kappa shape index (κ2) is 7.23. The van der Waals surface area contributed by atoms with Crippen molar-refractivity contribution in [1.82, 2.24) is 4.57 Å². The van der Waals surface area contributed by atoms with Crippen molar-refractivity contribution >= 4 is 35.1 Å². The third-order valence-electron chi connectivity index (χ3n) is 3.61. The zero-order chi connectivity index (χ0) is 18.8. The zero-order valence-electron chi connectivity index (χ0n) is 13.6. The molecule has 26 heavy (non-hydrogen) atoms. The maximum absolute atomic E-state index is 12.3. The van der Waals surface area contributed by atoms with Crippen molar-refractivity contribution in [2.24, 2.45) is 0 Å². The lowest BCUT2D eigenvalue weighted by Crippen LogP contribution is -2.13. The van der Waals surface area contributed by atoms with E-state index in [0.717, 1.165) is 5.69 Å². The molecule has 0 unspecified atom stereocenters. The molecule has 0 bridgehead atoms. The fourth-order valence-electron chi connectivity index (χ4n) is 2.51. The molecule has 1 N–H and O–H groups in total. The minimum atomic E-state index is -0.880. The zero-order valence-corrected chi connectivity index (χ0v) is 15.1. The van der Waals surface area contributed by atoms with Gasteiger partial charge in [-0.3, -0.25) is 4.79 Å². The van der Waals surface area contributed by atoms with Crippen LogP contribution in [0.2, 0.25) is 10.0 Å². The van der Waals surface area contributed by atoms with E-state index in [-0.39, 0.29) is 5.76 Å². The normalized spacial score (nSPS) is 11.2. The molecular weight excluding hydrogens is 377 g/mol. The molecule has 0 spiro atoms. The SMILES string of the molecule is Cc1cc(O)c(C(=O)C=Cc2cccn2-c2cc(Cl)cc(Cl)c2)c(=O)o1. The summed E-state index contributed by atoms with van der Waals surface area (Å²) in [7, 11) is 0. The van der Waals surface area contributed by atoms with Gasteiger partial charge in [0, 0.05) is 33.7 Å². The Kier molecular flexibility index (Phi) is 5.02. The van der Waals surface area contributed by atoms with Crippen LogP contribution in [0.1, 0.15) is 21.8 Å². The van der Waals surface area contributed by atoms with Crippen molar-refractivity contribution in [3.05, 3.63) is 86.2 Å². The molecule has 0 aliphatic carbocycles. The average Bonchev–Trinajstić information content (AvgIpc) is 2.99. The molecule has 2 aromatic heterocycles. The van der Waals surface area contributed by atoms with Gasteiger partial charge in [0.2, 0.25) is 0 Å². The summed E-state index contributed by atoms with van der Waals surface area (Å²) in [5.41, 5.74) is 0.0925. The van der Waals surface area contributed by atoms with Crippen LogP contribution in [0.3, 0.4) is 0 Å². The van der Waals surface area contributed by atoms with E-state index in [4.69, 9.17) is 27.6 Å². The molecule has 0 atom stereocenters. The summed E-state index contributed by atoms with van der Waals surface area (Å²) in [6.07, 6.45) is 4.50. The molecule has 0 aliphatic heterocycles. The number of hydrogen-bond donors (Lipinski definition) is 1. The van der Waals surface area contributed by atoms with Gasteiger partial charge in [-0.15, -0.1) is 0 Å². The van der Waals surface area contributed by atoms with Crippen molar-refractivity contribution in [1.29, 1.82) is 0 Å². The van der Waals surface area contributed by atoms with Gasteiger partial charge in [0.1, 0.15) is 17.1 Å². The van der Waals surface area contributed by atoms with E-state index >= 15 is 0 Å². The van der Waals surface area contributed by atoms with Gasteiger partial charge in [-0.05, 0) is 49.4 Å². The summed E-state index contributed by atoms with van der Waals surface area (Å²) < 4.78 is 6.64. The number of aromatic nitrogens is 1. The van der Waals surface area contributed by atoms with Crippen LogP contribution in [0, 0.1) is 6.92 Å². The molecule has 3 aromatic rings. The standard InChI is InChI=1S/C19H13Cl2NO4/c1-11-7-17(24)18(19(25)26-11)16(23)5-4-14-3-2-6-22(14)15-9-12(20)8-13(21)10-15/h2-10,24H,1H3. The van der Waals surface area contributed by atoms with Crippen molar-refractivity contribution in [2.75, 3.05) is 0 Å². The third-order valence-corrected chi connectivity index (χ3v) is 4.05. The number of aryl methyl sites for hydroxylation is 1. The number of aromatic hydroxyl groups is 1. The maximum atomic E-state index is 12.3. The molecule has 5 nitrogen and oxygen atoms in total. The largest absolute Gasteiger partial charge is 0.507 e. The minimum Gasteiger partial charge on any atom is -0.507 e. The highest BCUT2D eigenvalue weighted by Gasteiger charge is 2.16. The first-order chi connectivity index (χ1) is 12.3. The van der Waals surface area contributed by atoms with Crippen LogP contribution < -0.4 is 5.63 Å². The number of allylic oxidation sites excluding steroid dienone is 1. The van der Waals surface area contributed by atoms with E-state index in [1.807, 2.05) is 0 Å². The van der Waals surface area contributed by atoms with Crippen LogP contribution >= 0.6 is 23.2 Å². The highest BCUT2D eigenvalue weighted by molar-refractivity contribution is 6.34. The fourth-order valence-corrected chi connectivity index (χ4v) is 3.03. The maximum Gasteiger partial charge on any atom is 0.351 e. The van der Waals surface area contributed by atoms with E-state index in [1.165, 1.54) is 25.1 Å². The molecule has 0 radical (unpaired) electrons. The number of halogens is 2. The predicted molar refractivity (Wildman–Crippen MR) is 101 cm³/mol. The molecule has 0 fully saturated rings. The number of ketones is 1. The molecule has 1 aromatic carbocycles. The highest BCUT2D eigenvalue weighted by atomic mass is 35.5. The number of carbonyl (C=O) groups excluding carboxylic acids is 1. The lowest BCUT2D eigenvalue weighted by atomic mass is 10.1. The molecule has 2 heterocycles. The molecule has 0 aliphatic rings. The molecule has 0 amide bonds. The number of nitrogens with zero attached hydrogens (tertiary/aromatic N) is 1. The van der Waals surface area contributed by atoms with Gasteiger partial charge in [0.25, 0.3) is 0 Å². The Morgan fingerprint density at radius 1 is 1.19 bits per heavy atom. The monoisotopic (exact) mass is 389 g/mol. The Morgan fingerprint density at radius 3 is 2.54 bits per heavy atom. The Balaban J connectivity index is 1.95. The Morgan fingerprint density at radius 2 is 1.88 bits per heavy atom.